The van der Waals surface area contributed by atoms with E-state index in [0.717, 1.165) is 6.07 Å². The zero-order valence-corrected chi connectivity index (χ0v) is 17.0. The molecule has 3 aromatic heterocycles. The van der Waals surface area contributed by atoms with Gasteiger partial charge in [0.25, 0.3) is 5.91 Å². The van der Waals surface area contributed by atoms with Gasteiger partial charge in [-0.15, -0.1) is 11.3 Å². The van der Waals surface area contributed by atoms with Crippen molar-refractivity contribution < 1.29 is 22.8 Å². The van der Waals surface area contributed by atoms with Gasteiger partial charge in [0.05, 0.1) is 22.6 Å². The van der Waals surface area contributed by atoms with Crippen LogP contribution in [0.2, 0.25) is 5.02 Å². The number of hydrogen-bond donors (Lipinski definition) is 2. The van der Waals surface area contributed by atoms with Crippen LogP contribution in [-0.4, -0.2) is 26.6 Å². The van der Waals surface area contributed by atoms with E-state index < -0.39 is 29.7 Å². The maximum Gasteiger partial charge on any atom is 0.433 e. The van der Waals surface area contributed by atoms with E-state index in [4.69, 9.17) is 17.3 Å². The Morgan fingerprint density at radius 3 is 2.52 bits per heavy atom. The lowest BCUT2D eigenvalue weighted by molar-refractivity contribution is -0.141. The number of aromatic nitrogens is 3. The number of alkyl halides is 3. The largest absolute Gasteiger partial charge is 0.433 e. The first-order valence-corrected chi connectivity index (χ1v) is 9.42. The van der Waals surface area contributed by atoms with Crippen molar-refractivity contribution in [2.75, 3.05) is 5.32 Å². The summed E-state index contributed by atoms with van der Waals surface area (Å²) in [7, 11) is 0. The zero-order chi connectivity index (χ0) is 21.7. The van der Waals surface area contributed by atoms with Crippen molar-refractivity contribution in [2.24, 2.45) is 5.73 Å². The number of carbonyl (C=O) groups excluding carboxylic acids is 2. The van der Waals surface area contributed by atoms with Crippen molar-refractivity contribution in [3.05, 3.63) is 39.1 Å². The SMILES string of the molecule is Cc1cc(C(F)(F)F)nc2sc(C(N)=O)c(NC(=O)C(C)n3ncc(Cl)c3C)c12. The van der Waals surface area contributed by atoms with Gasteiger partial charge in [0.1, 0.15) is 21.4 Å². The van der Waals surface area contributed by atoms with Crippen molar-refractivity contribution in [1.82, 2.24) is 14.8 Å². The minimum atomic E-state index is -4.65. The number of fused-ring (bicyclic) bond motifs is 1. The Morgan fingerprint density at radius 2 is 2.00 bits per heavy atom. The number of thiophene rings is 1. The minimum Gasteiger partial charge on any atom is -0.365 e. The van der Waals surface area contributed by atoms with E-state index in [1.54, 1.807) is 13.8 Å². The Labute approximate surface area is 171 Å². The standard InChI is InChI=1S/C17H15ClF3N5O2S/c1-6-4-10(17(19,20)21)24-16-11(6)12(13(29-16)14(22)27)25-15(28)8(3)26-7(2)9(18)5-23-26/h4-5,8H,1-3H3,(H2,22,27)(H,25,28). The molecule has 0 bridgehead atoms. The number of primary amides is 1. The summed E-state index contributed by atoms with van der Waals surface area (Å²) in [6.45, 7) is 4.69. The van der Waals surface area contributed by atoms with Gasteiger partial charge in [-0.1, -0.05) is 11.6 Å². The molecule has 3 aromatic rings. The maximum atomic E-state index is 13.1. The molecule has 2 amide bonds. The molecule has 12 heteroatoms. The van der Waals surface area contributed by atoms with E-state index in [-0.39, 0.29) is 26.3 Å². The van der Waals surface area contributed by atoms with Gasteiger partial charge < -0.3 is 11.1 Å². The number of nitrogens with one attached hydrogen (secondary N) is 1. The highest BCUT2D eigenvalue weighted by Gasteiger charge is 2.34. The van der Waals surface area contributed by atoms with E-state index in [0.29, 0.717) is 22.1 Å². The highest BCUT2D eigenvalue weighted by molar-refractivity contribution is 7.21. The average Bonchev–Trinajstić information content (AvgIpc) is 3.15. The molecule has 0 aromatic carbocycles. The lowest BCUT2D eigenvalue weighted by Gasteiger charge is -2.15. The predicted octanol–water partition coefficient (Wildman–Crippen LogP) is 4.08. The van der Waals surface area contributed by atoms with Crippen molar-refractivity contribution in [3.8, 4) is 0 Å². The van der Waals surface area contributed by atoms with Crippen LogP contribution in [0.4, 0.5) is 18.9 Å². The summed E-state index contributed by atoms with van der Waals surface area (Å²) in [4.78, 5) is 28.1. The van der Waals surface area contributed by atoms with E-state index in [1.165, 1.54) is 17.8 Å². The van der Waals surface area contributed by atoms with Crippen LogP contribution in [0.3, 0.4) is 0 Å². The number of rotatable bonds is 4. The first-order valence-electron chi connectivity index (χ1n) is 8.23. The first-order chi connectivity index (χ1) is 13.4. The summed E-state index contributed by atoms with van der Waals surface area (Å²) >= 11 is 6.65. The van der Waals surface area contributed by atoms with Gasteiger partial charge in [-0.05, 0) is 32.4 Å². The van der Waals surface area contributed by atoms with Gasteiger partial charge in [0.15, 0.2) is 0 Å². The van der Waals surface area contributed by atoms with Crippen LogP contribution in [0.5, 0.6) is 0 Å². The number of carbonyl (C=O) groups is 2. The molecule has 3 heterocycles. The van der Waals surface area contributed by atoms with Crippen LogP contribution >= 0.6 is 22.9 Å². The first kappa shape index (κ1) is 21.1. The summed E-state index contributed by atoms with van der Waals surface area (Å²) in [5.41, 5.74) is 5.08. The molecule has 0 aliphatic heterocycles. The summed E-state index contributed by atoms with van der Waals surface area (Å²) < 4.78 is 40.6. The molecular formula is C17H15ClF3N5O2S. The molecule has 29 heavy (non-hydrogen) atoms. The number of amides is 2. The number of nitrogens with zero attached hydrogens (tertiary/aromatic N) is 3. The monoisotopic (exact) mass is 445 g/mol. The Morgan fingerprint density at radius 1 is 1.34 bits per heavy atom. The molecule has 0 saturated carbocycles. The lowest BCUT2D eigenvalue weighted by Crippen LogP contribution is -2.26. The van der Waals surface area contributed by atoms with Crippen molar-refractivity contribution in [3.63, 3.8) is 0 Å². The Hall–Kier alpha value is -2.66. The summed E-state index contributed by atoms with van der Waals surface area (Å²) in [6.07, 6.45) is -3.26. The van der Waals surface area contributed by atoms with Crippen LogP contribution < -0.4 is 11.1 Å². The number of pyridine rings is 1. The quantitative estimate of drug-likeness (QED) is 0.631. The second-order valence-corrected chi connectivity index (χ2v) is 7.77. The fourth-order valence-electron chi connectivity index (χ4n) is 2.85. The third-order valence-corrected chi connectivity index (χ3v) is 5.82. The molecule has 7 nitrogen and oxygen atoms in total. The van der Waals surface area contributed by atoms with Crippen LogP contribution in [0.1, 0.15) is 39.6 Å². The summed E-state index contributed by atoms with van der Waals surface area (Å²) in [5, 5.41) is 7.24. The fraction of sp³-hybridized carbons (Fsp3) is 0.294. The Kier molecular flexibility index (Phi) is 5.30. The average molecular weight is 446 g/mol. The molecular weight excluding hydrogens is 431 g/mol. The van der Waals surface area contributed by atoms with Crippen LogP contribution in [0, 0.1) is 13.8 Å². The van der Waals surface area contributed by atoms with Crippen molar-refractivity contribution in [2.45, 2.75) is 33.0 Å². The van der Waals surface area contributed by atoms with Crippen LogP contribution in [0.15, 0.2) is 12.3 Å². The van der Waals surface area contributed by atoms with E-state index in [1.807, 2.05) is 0 Å². The van der Waals surface area contributed by atoms with E-state index >= 15 is 0 Å². The molecule has 3 rings (SSSR count). The van der Waals surface area contributed by atoms with Crippen molar-refractivity contribution >= 4 is 50.7 Å². The Balaban J connectivity index is 2.08. The number of halogens is 4. The molecule has 0 radical (unpaired) electrons. The topological polar surface area (TPSA) is 103 Å². The summed E-state index contributed by atoms with van der Waals surface area (Å²) in [6, 6.07) is 0.0527. The van der Waals surface area contributed by atoms with Gasteiger partial charge in [-0.2, -0.15) is 18.3 Å². The second kappa shape index (κ2) is 7.30. The van der Waals surface area contributed by atoms with Gasteiger partial charge >= 0.3 is 6.18 Å². The van der Waals surface area contributed by atoms with Crippen molar-refractivity contribution in [1.29, 1.82) is 0 Å². The van der Waals surface area contributed by atoms with Gasteiger partial charge in [-0.3, -0.25) is 14.3 Å². The smallest absolute Gasteiger partial charge is 0.365 e. The normalized spacial score (nSPS) is 12.9. The van der Waals surface area contributed by atoms with Gasteiger partial charge in [-0.25, -0.2) is 4.98 Å². The zero-order valence-electron chi connectivity index (χ0n) is 15.4. The van der Waals surface area contributed by atoms with E-state index in [2.05, 4.69) is 15.4 Å². The highest BCUT2D eigenvalue weighted by atomic mass is 35.5. The molecule has 3 N–H and O–H groups in total. The highest BCUT2D eigenvalue weighted by Crippen LogP contribution is 2.40. The minimum absolute atomic E-state index is 0.0315. The van der Waals surface area contributed by atoms with Gasteiger partial charge in [0, 0.05) is 5.39 Å². The molecule has 0 aliphatic rings. The third-order valence-electron chi connectivity index (χ3n) is 4.35. The molecule has 1 atom stereocenters. The second-order valence-electron chi connectivity index (χ2n) is 6.36. The number of anilines is 1. The lowest BCUT2D eigenvalue weighted by atomic mass is 10.1. The van der Waals surface area contributed by atoms with Gasteiger partial charge in [0.2, 0.25) is 5.91 Å². The summed E-state index contributed by atoms with van der Waals surface area (Å²) in [5.74, 6) is -1.43. The molecule has 0 spiro atoms. The van der Waals surface area contributed by atoms with E-state index in [9.17, 15) is 22.8 Å². The Bertz CT molecular complexity index is 1140. The third kappa shape index (κ3) is 3.79. The molecule has 0 aliphatic carbocycles. The van der Waals surface area contributed by atoms with Crippen LogP contribution in [0.25, 0.3) is 10.2 Å². The number of hydrogen-bond acceptors (Lipinski definition) is 5. The molecule has 0 saturated heterocycles. The van der Waals surface area contributed by atoms with Crippen LogP contribution in [-0.2, 0) is 11.0 Å². The predicted molar refractivity (Wildman–Crippen MR) is 103 cm³/mol. The number of nitrogens with two attached hydrogens (primary N) is 1. The molecule has 154 valence electrons. The fourth-order valence-corrected chi connectivity index (χ4v) is 4.04. The molecule has 1 unspecified atom stereocenters. The maximum absolute atomic E-state index is 13.1. The number of aryl methyl sites for hydroxylation is 1. The molecule has 0 fully saturated rings.